The maximum atomic E-state index is 13.5. The number of aromatic nitrogens is 1. The van der Waals surface area contributed by atoms with Gasteiger partial charge in [-0.15, -0.1) is 5.06 Å². The second kappa shape index (κ2) is 13.5. The molecule has 0 unspecified atom stereocenters. The molecule has 3 heterocycles. The standard InChI is InChI=1S/C30H31N5O7S2/c1-33(2)20-6-4-18(5-7-20)27(38)32-30-31-17-26(44-30)43-21-8-9-23(41-3)22(16-21)28(39)34-14-12-19(13-15-34)29(40)42-35-24(36)10-11-25(35)37/h4-9,16-17,19H,10-15H2,1-3H3,(H,31,32,38). The van der Waals surface area contributed by atoms with Gasteiger partial charge in [-0.05, 0) is 55.3 Å². The van der Waals surface area contributed by atoms with Crippen LogP contribution in [0, 0.1) is 5.92 Å². The fourth-order valence-corrected chi connectivity index (χ4v) is 6.68. The number of methoxy groups -OCH3 is 1. The van der Waals surface area contributed by atoms with Crippen LogP contribution >= 0.6 is 23.1 Å². The van der Waals surface area contributed by atoms with E-state index in [4.69, 9.17) is 9.57 Å². The lowest BCUT2D eigenvalue weighted by Gasteiger charge is -2.31. The molecule has 0 radical (unpaired) electrons. The quantitative estimate of drug-likeness (QED) is 0.342. The zero-order valence-electron chi connectivity index (χ0n) is 24.4. The van der Waals surface area contributed by atoms with Crippen molar-refractivity contribution in [2.24, 2.45) is 5.92 Å². The zero-order valence-corrected chi connectivity index (χ0v) is 26.0. The summed E-state index contributed by atoms with van der Waals surface area (Å²) in [7, 11) is 5.36. The average molecular weight is 638 g/mol. The molecule has 2 aromatic carbocycles. The molecule has 4 amide bonds. The van der Waals surface area contributed by atoms with Crippen LogP contribution < -0.4 is 15.0 Å². The first-order valence-electron chi connectivity index (χ1n) is 13.9. The number of nitrogens with one attached hydrogen (secondary N) is 1. The van der Waals surface area contributed by atoms with Gasteiger partial charge in [0.05, 0.1) is 29.0 Å². The number of hydroxylamine groups is 2. The number of amides is 4. The van der Waals surface area contributed by atoms with Crippen molar-refractivity contribution in [3.63, 3.8) is 0 Å². The molecule has 14 heteroatoms. The second-order valence-electron chi connectivity index (χ2n) is 10.4. The van der Waals surface area contributed by atoms with E-state index in [0.29, 0.717) is 53.0 Å². The van der Waals surface area contributed by atoms with Crippen molar-refractivity contribution in [3.05, 3.63) is 59.8 Å². The van der Waals surface area contributed by atoms with Gasteiger partial charge in [-0.2, -0.15) is 0 Å². The Hall–Kier alpha value is -4.43. The predicted octanol–water partition coefficient (Wildman–Crippen LogP) is 4.08. The molecule has 0 aliphatic carbocycles. The smallest absolute Gasteiger partial charge is 0.336 e. The fourth-order valence-electron chi connectivity index (χ4n) is 4.79. The van der Waals surface area contributed by atoms with Crippen molar-refractivity contribution >= 4 is 63.5 Å². The average Bonchev–Trinajstić information content (AvgIpc) is 3.61. The summed E-state index contributed by atoms with van der Waals surface area (Å²) in [5, 5.41) is 3.84. The summed E-state index contributed by atoms with van der Waals surface area (Å²) in [5.41, 5.74) is 1.90. The van der Waals surface area contributed by atoms with E-state index in [2.05, 4.69) is 10.3 Å². The van der Waals surface area contributed by atoms with E-state index in [1.165, 1.54) is 30.2 Å². The Morgan fingerprint density at radius 1 is 1.02 bits per heavy atom. The molecule has 2 aliphatic rings. The first-order chi connectivity index (χ1) is 21.1. The second-order valence-corrected chi connectivity index (χ2v) is 12.8. The first-order valence-corrected chi connectivity index (χ1v) is 15.5. The molecule has 0 bridgehead atoms. The molecule has 2 fully saturated rings. The van der Waals surface area contributed by atoms with E-state index in [0.717, 1.165) is 14.8 Å². The normalized spacial score (nSPS) is 15.3. The summed E-state index contributed by atoms with van der Waals surface area (Å²) in [6.07, 6.45) is 2.41. The topological polar surface area (TPSA) is 138 Å². The number of anilines is 2. The van der Waals surface area contributed by atoms with E-state index in [-0.39, 0.29) is 24.7 Å². The van der Waals surface area contributed by atoms with Gasteiger partial charge in [-0.1, -0.05) is 23.1 Å². The lowest BCUT2D eigenvalue weighted by atomic mass is 9.96. The number of rotatable bonds is 9. The molecule has 5 rings (SSSR count). The number of benzene rings is 2. The number of carbonyl (C=O) groups is 5. The van der Waals surface area contributed by atoms with Crippen LogP contribution in [0.3, 0.4) is 0 Å². The van der Waals surface area contributed by atoms with Crippen LogP contribution in [0.4, 0.5) is 10.8 Å². The minimum Gasteiger partial charge on any atom is -0.496 e. The van der Waals surface area contributed by atoms with Gasteiger partial charge in [0.25, 0.3) is 23.6 Å². The summed E-state index contributed by atoms with van der Waals surface area (Å²) in [6.45, 7) is 0.605. The third kappa shape index (κ3) is 7.03. The van der Waals surface area contributed by atoms with Crippen molar-refractivity contribution in [1.29, 1.82) is 0 Å². The van der Waals surface area contributed by atoms with Gasteiger partial charge in [0.1, 0.15) is 5.75 Å². The number of thiazole rings is 1. The van der Waals surface area contributed by atoms with Gasteiger partial charge in [-0.3, -0.25) is 24.5 Å². The molecule has 2 saturated heterocycles. The number of imide groups is 1. The molecule has 44 heavy (non-hydrogen) atoms. The van der Waals surface area contributed by atoms with E-state index >= 15 is 0 Å². The van der Waals surface area contributed by atoms with E-state index in [1.807, 2.05) is 37.2 Å². The molecule has 0 saturated carbocycles. The largest absolute Gasteiger partial charge is 0.496 e. The minimum absolute atomic E-state index is 0.0331. The Morgan fingerprint density at radius 2 is 1.70 bits per heavy atom. The molecule has 2 aliphatic heterocycles. The number of hydrogen-bond acceptors (Lipinski definition) is 11. The molecule has 230 valence electrons. The Labute approximate surface area is 262 Å². The minimum atomic E-state index is -0.640. The third-order valence-corrected chi connectivity index (χ3v) is 9.28. The first kappa shape index (κ1) is 31.0. The molecule has 3 aromatic rings. The van der Waals surface area contributed by atoms with Crippen molar-refractivity contribution in [2.75, 3.05) is 44.5 Å². The lowest BCUT2D eigenvalue weighted by molar-refractivity contribution is -0.201. The lowest BCUT2D eigenvalue weighted by Crippen LogP contribution is -2.42. The number of hydrogen-bond donors (Lipinski definition) is 1. The summed E-state index contributed by atoms with van der Waals surface area (Å²) in [6, 6.07) is 12.6. The van der Waals surface area contributed by atoms with Gasteiger partial charge < -0.3 is 19.4 Å². The number of likely N-dealkylation sites (tertiary alicyclic amines) is 1. The van der Waals surface area contributed by atoms with Crippen LogP contribution in [-0.4, -0.2) is 78.8 Å². The van der Waals surface area contributed by atoms with Crippen LogP contribution in [0.25, 0.3) is 0 Å². The highest BCUT2D eigenvalue weighted by atomic mass is 32.2. The predicted molar refractivity (Wildman–Crippen MR) is 164 cm³/mol. The Morgan fingerprint density at radius 3 is 2.34 bits per heavy atom. The molecule has 0 spiro atoms. The highest BCUT2D eigenvalue weighted by Gasteiger charge is 2.36. The summed E-state index contributed by atoms with van der Waals surface area (Å²) in [5.74, 6) is -2.28. The maximum absolute atomic E-state index is 13.5. The molecule has 12 nitrogen and oxygen atoms in total. The van der Waals surface area contributed by atoms with Crippen LogP contribution in [0.15, 0.2) is 57.8 Å². The van der Waals surface area contributed by atoms with Crippen LogP contribution in [0.1, 0.15) is 46.4 Å². The number of ether oxygens (including phenoxy) is 1. The molecule has 1 N–H and O–H groups in total. The summed E-state index contributed by atoms with van der Waals surface area (Å²) in [4.78, 5) is 76.1. The highest BCUT2D eigenvalue weighted by Crippen LogP contribution is 2.37. The monoisotopic (exact) mass is 637 g/mol. The van der Waals surface area contributed by atoms with Gasteiger partial charge in [0.2, 0.25) is 0 Å². The molecular formula is C30H31N5O7S2. The Bertz CT molecular complexity index is 1570. The van der Waals surface area contributed by atoms with Crippen molar-refractivity contribution < 1.29 is 33.5 Å². The molecule has 1 aromatic heterocycles. The summed E-state index contributed by atoms with van der Waals surface area (Å²) >= 11 is 2.73. The Balaban J connectivity index is 1.19. The highest BCUT2D eigenvalue weighted by molar-refractivity contribution is 8.01. The van der Waals surface area contributed by atoms with E-state index in [1.54, 1.807) is 35.4 Å². The number of nitrogens with zero attached hydrogens (tertiary/aromatic N) is 4. The zero-order chi connectivity index (χ0) is 31.4. The fraction of sp³-hybridized carbons (Fsp3) is 0.333. The SMILES string of the molecule is COc1ccc(Sc2cnc(NC(=O)c3ccc(N(C)C)cc3)s2)cc1C(=O)N1CCC(C(=O)ON2C(=O)CCC2=O)CC1. The maximum Gasteiger partial charge on any atom is 0.336 e. The van der Waals surface area contributed by atoms with Crippen LogP contribution in [-0.2, 0) is 19.2 Å². The van der Waals surface area contributed by atoms with Gasteiger partial charge in [0, 0.05) is 56.2 Å². The van der Waals surface area contributed by atoms with Gasteiger partial charge in [-0.25, -0.2) is 9.78 Å². The number of carbonyl (C=O) groups excluding carboxylic acids is 5. The third-order valence-electron chi connectivity index (χ3n) is 7.27. The summed E-state index contributed by atoms with van der Waals surface area (Å²) < 4.78 is 6.29. The molecular weight excluding hydrogens is 606 g/mol. The van der Waals surface area contributed by atoms with Crippen LogP contribution in [0.5, 0.6) is 5.75 Å². The van der Waals surface area contributed by atoms with Crippen LogP contribution in [0.2, 0.25) is 0 Å². The number of piperidine rings is 1. The van der Waals surface area contributed by atoms with E-state index in [9.17, 15) is 24.0 Å². The van der Waals surface area contributed by atoms with Crippen molar-refractivity contribution in [1.82, 2.24) is 14.9 Å². The van der Waals surface area contributed by atoms with Gasteiger partial charge >= 0.3 is 5.97 Å². The van der Waals surface area contributed by atoms with Crippen molar-refractivity contribution in [2.45, 2.75) is 34.8 Å². The molecule has 0 atom stereocenters. The van der Waals surface area contributed by atoms with Crippen molar-refractivity contribution in [3.8, 4) is 5.75 Å². The van der Waals surface area contributed by atoms with E-state index < -0.39 is 23.7 Å². The Kier molecular flexibility index (Phi) is 9.49. The van der Waals surface area contributed by atoms with Gasteiger partial charge in [0.15, 0.2) is 5.13 Å².